The van der Waals surface area contributed by atoms with Gasteiger partial charge in [-0.25, -0.2) is 0 Å². The molecule has 4 rings (SSSR count). The van der Waals surface area contributed by atoms with Crippen molar-refractivity contribution in [2.24, 2.45) is 0 Å². The summed E-state index contributed by atoms with van der Waals surface area (Å²) in [7, 11) is 0. The third kappa shape index (κ3) is 2.93. The van der Waals surface area contributed by atoms with E-state index in [0.717, 1.165) is 39.0 Å². The zero-order chi connectivity index (χ0) is 17.4. The summed E-state index contributed by atoms with van der Waals surface area (Å²) >= 11 is 0. The Morgan fingerprint density at radius 3 is 2.64 bits per heavy atom. The Balaban J connectivity index is 1.90. The number of rotatable bonds is 3. The number of nitrogens with zero attached hydrogens (tertiary/aromatic N) is 2. The third-order valence-electron chi connectivity index (χ3n) is 4.61. The molecule has 0 unspecified atom stereocenters. The van der Waals surface area contributed by atoms with Gasteiger partial charge in [0.2, 0.25) is 0 Å². The Morgan fingerprint density at radius 1 is 0.920 bits per heavy atom. The molecule has 0 saturated heterocycles. The number of nitrogens with one attached hydrogen (secondary N) is 1. The Bertz CT molecular complexity index is 1040. The predicted molar refractivity (Wildman–Crippen MR) is 104 cm³/mol. The maximum atomic E-state index is 4.86. The van der Waals surface area contributed by atoms with Crippen molar-refractivity contribution in [3.8, 4) is 22.4 Å². The van der Waals surface area contributed by atoms with Crippen LogP contribution in [0.3, 0.4) is 0 Å². The molecular formula is C22H21N3. The van der Waals surface area contributed by atoms with Crippen LogP contribution in [0.15, 0.2) is 60.8 Å². The van der Waals surface area contributed by atoms with Crippen LogP contribution >= 0.6 is 0 Å². The molecule has 0 aliphatic rings. The molecule has 2 aromatic heterocycles. The minimum absolute atomic E-state index is 0.496. The molecule has 2 aromatic carbocycles. The highest BCUT2D eigenvalue weighted by Crippen LogP contribution is 2.33. The Kier molecular flexibility index (Phi) is 3.85. The third-order valence-corrected chi connectivity index (χ3v) is 4.61. The summed E-state index contributed by atoms with van der Waals surface area (Å²) in [6.07, 6.45) is 1.86. The number of H-pyrrole nitrogens is 1. The van der Waals surface area contributed by atoms with Crippen LogP contribution in [0, 0.1) is 6.92 Å². The predicted octanol–water partition coefficient (Wildman–Crippen LogP) is 5.72. The highest BCUT2D eigenvalue weighted by atomic mass is 15.1. The van der Waals surface area contributed by atoms with E-state index in [1.807, 2.05) is 13.1 Å². The highest BCUT2D eigenvalue weighted by Gasteiger charge is 2.12. The molecule has 4 aromatic rings. The van der Waals surface area contributed by atoms with Crippen LogP contribution in [0.25, 0.3) is 33.3 Å². The molecule has 0 radical (unpaired) electrons. The number of aromatic amines is 1. The quantitative estimate of drug-likeness (QED) is 0.522. The van der Waals surface area contributed by atoms with Gasteiger partial charge in [0.05, 0.1) is 17.4 Å². The van der Waals surface area contributed by atoms with E-state index in [0.29, 0.717) is 5.92 Å². The highest BCUT2D eigenvalue weighted by molar-refractivity contribution is 5.88. The van der Waals surface area contributed by atoms with Gasteiger partial charge < -0.3 is 0 Å². The van der Waals surface area contributed by atoms with E-state index in [4.69, 9.17) is 4.98 Å². The summed E-state index contributed by atoms with van der Waals surface area (Å²) in [6.45, 7) is 6.48. The Hall–Kier alpha value is -2.94. The molecule has 0 fully saturated rings. The van der Waals surface area contributed by atoms with Crippen molar-refractivity contribution in [1.82, 2.24) is 15.2 Å². The number of hydrogen-bond donors (Lipinski definition) is 1. The van der Waals surface area contributed by atoms with E-state index in [1.54, 1.807) is 0 Å². The lowest BCUT2D eigenvalue weighted by atomic mass is 9.95. The first-order chi connectivity index (χ1) is 12.1. The summed E-state index contributed by atoms with van der Waals surface area (Å²) in [5.41, 5.74) is 7.91. The second kappa shape index (κ2) is 6.17. The zero-order valence-corrected chi connectivity index (χ0v) is 14.7. The van der Waals surface area contributed by atoms with Gasteiger partial charge >= 0.3 is 0 Å². The van der Waals surface area contributed by atoms with Crippen molar-refractivity contribution in [2.45, 2.75) is 26.7 Å². The fourth-order valence-electron chi connectivity index (χ4n) is 3.17. The number of hydrogen-bond acceptors (Lipinski definition) is 2. The number of aryl methyl sites for hydroxylation is 1. The topological polar surface area (TPSA) is 41.6 Å². The molecule has 0 amide bonds. The lowest BCUT2D eigenvalue weighted by molar-refractivity contribution is 0.867. The smallest absolute Gasteiger partial charge is 0.0783 e. The number of fused-ring (bicyclic) bond motifs is 1. The summed E-state index contributed by atoms with van der Waals surface area (Å²) in [5.74, 6) is 0.496. The Morgan fingerprint density at radius 2 is 1.80 bits per heavy atom. The first kappa shape index (κ1) is 15.6. The van der Waals surface area contributed by atoms with Gasteiger partial charge in [0.15, 0.2) is 0 Å². The molecule has 2 heterocycles. The monoisotopic (exact) mass is 327 g/mol. The molecule has 3 nitrogen and oxygen atoms in total. The largest absolute Gasteiger partial charge is 0.278 e. The molecule has 0 saturated carbocycles. The molecule has 3 heteroatoms. The van der Waals surface area contributed by atoms with Crippen LogP contribution in [0.4, 0.5) is 0 Å². The Labute approximate surface area is 147 Å². The van der Waals surface area contributed by atoms with E-state index in [2.05, 4.69) is 78.6 Å². The molecular weight excluding hydrogens is 306 g/mol. The van der Waals surface area contributed by atoms with Crippen molar-refractivity contribution >= 4 is 10.9 Å². The second-order valence-electron chi connectivity index (χ2n) is 6.80. The molecule has 0 atom stereocenters. The fraction of sp³-hybridized carbons (Fsp3) is 0.182. The molecule has 0 bridgehead atoms. The van der Waals surface area contributed by atoms with Gasteiger partial charge in [0.1, 0.15) is 0 Å². The number of pyridine rings is 1. The normalized spacial score (nSPS) is 11.4. The van der Waals surface area contributed by atoms with Crippen molar-refractivity contribution in [2.75, 3.05) is 0 Å². The van der Waals surface area contributed by atoms with Crippen LogP contribution in [0.1, 0.15) is 31.0 Å². The lowest BCUT2D eigenvalue weighted by Gasteiger charge is -2.13. The number of benzene rings is 2. The van der Waals surface area contributed by atoms with E-state index in [1.165, 1.54) is 5.56 Å². The maximum Gasteiger partial charge on any atom is 0.0783 e. The van der Waals surface area contributed by atoms with Gasteiger partial charge in [0, 0.05) is 22.2 Å². The first-order valence-electron chi connectivity index (χ1n) is 8.63. The molecule has 0 aliphatic carbocycles. The molecule has 25 heavy (non-hydrogen) atoms. The van der Waals surface area contributed by atoms with Gasteiger partial charge in [-0.3, -0.25) is 10.1 Å². The molecule has 0 spiro atoms. The second-order valence-corrected chi connectivity index (χ2v) is 6.80. The summed E-state index contributed by atoms with van der Waals surface area (Å²) in [4.78, 5) is 4.86. The summed E-state index contributed by atoms with van der Waals surface area (Å²) < 4.78 is 0. The van der Waals surface area contributed by atoms with E-state index >= 15 is 0 Å². The van der Waals surface area contributed by atoms with Gasteiger partial charge in [-0.1, -0.05) is 44.2 Å². The van der Waals surface area contributed by atoms with Crippen molar-refractivity contribution in [3.05, 3.63) is 72.1 Å². The average Bonchev–Trinajstić information content (AvgIpc) is 3.09. The first-order valence-corrected chi connectivity index (χ1v) is 8.63. The summed E-state index contributed by atoms with van der Waals surface area (Å²) in [5, 5.41) is 8.24. The van der Waals surface area contributed by atoms with Crippen molar-refractivity contribution in [1.29, 1.82) is 0 Å². The summed E-state index contributed by atoms with van der Waals surface area (Å²) in [6, 6.07) is 19.3. The number of aromatic nitrogens is 3. The minimum Gasteiger partial charge on any atom is -0.278 e. The van der Waals surface area contributed by atoms with Gasteiger partial charge in [-0.15, -0.1) is 0 Å². The van der Waals surface area contributed by atoms with E-state index < -0.39 is 0 Å². The molecule has 0 aliphatic heterocycles. The minimum atomic E-state index is 0.496. The molecule has 124 valence electrons. The van der Waals surface area contributed by atoms with Gasteiger partial charge in [-0.05, 0) is 48.2 Å². The molecule has 1 N–H and O–H groups in total. The van der Waals surface area contributed by atoms with Gasteiger partial charge in [-0.2, -0.15) is 5.10 Å². The van der Waals surface area contributed by atoms with Crippen LogP contribution in [-0.2, 0) is 0 Å². The van der Waals surface area contributed by atoms with Crippen molar-refractivity contribution in [3.63, 3.8) is 0 Å². The van der Waals surface area contributed by atoms with Crippen LogP contribution in [0.2, 0.25) is 0 Å². The average molecular weight is 327 g/mol. The van der Waals surface area contributed by atoms with Gasteiger partial charge in [0.25, 0.3) is 0 Å². The van der Waals surface area contributed by atoms with Crippen LogP contribution in [0.5, 0.6) is 0 Å². The van der Waals surface area contributed by atoms with Crippen molar-refractivity contribution < 1.29 is 0 Å². The SMILES string of the molecule is Cc1ccc(-c2ccc3[nH]ncc3c2)c(-c2cccc(C(C)C)c2)n1. The zero-order valence-electron chi connectivity index (χ0n) is 14.7. The standard InChI is InChI=1S/C22H21N3/c1-14(2)16-5-4-6-18(11-16)22-20(9-7-15(3)24-22)17-8-10-21-19(12-17)13-23-25-21/h4-14H,1-3H3,(H,23,25). The lowest BCUT2D eigenvalue weighted by Crippen LogP contribution is -1.94. The fourth-order valence-corrected chi connectivity index (χ4v) is 3.17. The maximum absolute atomic E-state index is 4.86. The van der Waals surface area contributed by atoms with Crippen LogP contribution < -0.4 is 0 Å². The van der Waals surface area contributed by atoms with E-state index in [9.17, 15) is 0 Å². The van der Waals surface area contributed by atoms with E-state index in [-0.39, 0.29) is 0 Å². The van der Waals surface area contributed by atoms with Crippen LogP contribution in [-0.4, -0.2) is 15.2 Å².